The van der Waals surface area contributed by atoms with Crippen LogP contribution in [0.15, 0.2) is 4.99 Å². The predicted octanol–water partition coefficient (Wildman–Crippen LogP) is 1.58. The second kappa shape index (κ2) is 9.41. The fourth-order valence-electron chi connectivity index (χ4n) is 3.31. The van der Waals surface area contributed by atoms with Crippen molar-refractivity contribution in [1.82, 2.24) is 20.9 Å². The number of guanidine groups is 1. The highest BCUT2D eigenvalue weighted by Crippen LogP contribution is 2.28. The molecule has 0 aromatic rings. The second-order valence-electron chi connectivity index (χ2n) is 8.19. The minimum atomic E-state index is 0.0667. The molecule has 1 unspecified atom stereocenters. The van der Waals surface area contributed by atoms with Crippen molar-refractivity contribution < 1.29 is 4.79 Å². The van der Waals surface area contributed by atoms with Gasteiger partial charge in [0.25, 0.3) is 0 Å². The summed E-state index contributed by atoms with van der Waals surface area (Å²) in [6, 6.07) is 0. The number of aliphatic imine (C=N–C) groups is 1. The Balaban J connectivity index is 1.77. The average molecular weight is 352 g/mol. The smallest absolute Gasteiger partial charge is 0.223 e. The molecule has 3 N–H and O–H groups in total. The molecule has 1 atom stereocenters. The van der Waals surface area contributed by atoms with Crippen LogP contribution in [0.25, 0.3) is 0 Å². The molecule has 144 valence electrons. The zero-order valence-corrected chi connectivity index (χ0v) is 16.5. The molecule has 1 saturated carbocycles. The fourth-order valence-corrected chi connectivity index (χ4v) is 3.31. The number of rotatable bonds is 8. The summed E-state index contributed by atoms with van der Waals surface area (Å²) in [6.45, 7) is 14.3. The summed E-state index contributed by atoms with van der Waals surface area (Å²) >= 11 is 0. The highest BCUT2D eigenvalue weighted by Gasteiger charge is 2.30. The van der Waals surface area contributed by atoms with Crippen LogP contribution in [0.5, 0.6) is 0 Å². The maximum Gasteiger partial charge on any atom is 0.223 e. The number of carbonyl (C=O) groups excluding carboxylic acids is 1. The van der Waals surface area contributed by atoms with E-state index in [4.69, 9.17) is 4.99 Å². The van der Waals surface area contributed by atoms with E-state index in [9.17, 15) is 4.79 Å². The van der Waals surface area contributed by atoms with Crippen LogP contribution in [0.4, 0.5) is 0 Å². The summed E-state index contributed by atoms with van der Waals surface area (Å²) in [5, 5.41) is 9.60. The van der Waals surface area contributed by atoms with Crippen LogP contribution < -0.4 is 16.0 Å². The SMILES string of the molecule is CCNC(=NCC(C)(C)N1CCCC(C)C1)NCCNC(=O)C1CC1. The standard InChI is InChI=1S/C19H37N5O/c1-5-20-18(22-11-10-21-17(25)16-8-9-16)23-14-19(3,4)24-12-6-7-15(2)13-24/h15-16H,5-14H2,1-4H3,(H,21,25)(H2,20,22,23). The molecule has 1 aliphatic heterocycles. The van der Waals surface area contributed by atoms with Gasteiger partial charge in [0.2, 0.25) is 5.91 Å². The zero-order chi connectivity index (χ0) is 18.3. The lowest BCUT2D eigenvalue weighted by Crippen LogP contribution is -2.51. The highest BCUT2D eigenvalue weighted by molar-refractivity contribution is 5.81. The van der Waals surface area contributed by atoms with Crippen LogP contribution in [-0.2, 0) is 4.79 Å². The Bertz CT molecular complexity index is 459. The molecule has 1 heterocycles. The van der Waals surface area contributed by atoms with Gasteiger partial charge < -0.3 is 16.0 Å². The molecule has 0 radical (unpaired) electrons. The van der Waals surface area contributed by atoms with E-state index in [1.807, 2.05) is 0 Å². The molecule has 0 spiro atoms. The van der Waals surface area contributed by atoms with Crippen LogP contribution in [0, 0.1) is 11.8 Å². The minimum absolute atomic E-state index is 0.0667. The van der Waals surface area contributed by atoms with Gasteiger partial charge in [0.1, 0.15) is 0 Å². The first-order valence-electron chi connectivity index (χ1n) is 9.97. The maximum atomic E-state index is 11.6. The molecule has 1 saturated heterocycles. The Morgan fingerprint density at radius 3 is 2.52 bits per heavy atom. The third kappa shape index (κ3) is 6.84. The summed E-state index contributed by atoms with van der Waals surface area (Å²) in [6.07, 6.45) is 4.72. The number of carbonyl (C=O) groups is 1. The molecule has 1 aliphatic carbocycles. The number of amides is 1. The lowest BCUT2D eigenvalue weighted by atomic mass is 9.94. The summed E-state index contributed by atoms with van der Waals surface area (Å²) in [5.41, 5.74) is 0.0667. The van der Waals surface area contributed by atoms with Gasteiger partial charge in [0, 0.05) is 37.6 Å². The zero-order valence-electron chi connectivity index (χ0n) is 16.5. The monoisotopic (exact) mass is 351 g/mol. The first-order valence-corrected chi connectivity index (χ1v) is 9.97. The van der Waals surface area contributed by atoms with Crippen LogP contribution in [0.3, 0.4) is 0 Å². The van der Waals surface area contributed by atoms with Crippen molar-refractivity contribution >= 4 is 11.9 Å². The molecule has 2 rings (SSSR count). The fraction of sp³-hybridized carbons (Fsp3) is 0.895. The van der Waals surface area contributed by atoms with Crippen molar-refractivity contribution in [2.45, 2.75) is 58.9 Å². The van der Waals surface area contributed by atoms with Gasteiger partial charge in [-0.05, 0) is 58.9 Å². The lowest BCUT2D eigenvalue weighted by Gasteiger charge is -2.42. The van der Waals surface area contributed by atoms with Crippen LogP contribution >= 0.6 is 0 Å². The first kappa shape index (κ1) is 20.0. The molecule has 1 amide bonds. The summed E-state index contributed by atoms with van der Waals surface area (Å²) in [4.78, 5) is 19.0. The maximum absolute atomic E-state index is 11.6. The first-order chi connectivity index (χ1) is 11.9. The third-order valence-electron chi connectivity index (χ3n) is 5.15. The number of hydrogen-bond donors (Lipinski definition) is 3. The molecule has 0 aromatic heterocycles. The molecule has 25 heavy (non-hydrogen) atoms. The van der Waals surface area contributed by atoms with Crippen molar-refractivity contribution in [2.24, 2.45) is 16.8 Å². The van der Waals surface area contributed by atoms with Gasteiger partial charge in [0.05, 0.1) is 6.54 Å². The molecule has 0 aromatic carbocycles. The van der Waals surface area contributed by atoms with Gasteiger partial charge in [-0.25, -0.2) is 0 Å². The van der Waals surface area contributed by atoms with E-state index in [1.165, 1.54) is 25.9 Å². The molecule has 0 bridgehead atoms. The van der Waals surface area contributed by atoms with Gasteiger partial charge in [-0.3, -0.25) is 14.7 Å². The molecular formula is C19H37N5O. The molecule has 2 aliphatic rings. The number of hydrogen-bond acceptors (Lipinski definition) is 3. The van der Waals surface area contributed by atoms with Gasteiger partial charge in [-0.15, -0.1) is 0 Å². The van der Waals surface area contributed by atoms with E-state index >= 15 is 0 Å². The number of nitrogens with one attached hydrogen (secondary N) is 3. The Morgan fingerprint density at radius 2 is 1.88 bits per heavy atom. The van der Waals surface area contributed by atoms with Gasteiger partial charge in [0.15, 0.2) is 5.96 Å². The Morgan fingerprint density at radius 1 is 1.16 bits per heavy atom. The van der Waals surface area contributed by atoms with Gasteiger partial charge in [-0.1, -0.05) is 6.92 Å². The Hall–Kier alpha value is -1.30. The summed E-state index contributed by atoms with van der Waals surface area (Å²) in [5.74, 6) is 2.08. The quantitative estimate of drug-likeness (QED) is 0.353. The van der Waals surface area contributed by atoms with E-state index in [1.54, 1.807) is 0 Å². The number of piperidine rings is 1. The molecule has 2 fully saturated rings. The third-order valence-corrected chi connectivity index (χ3v) is 5.15. The number of nitrogens with zero attached hydrogens (tertiary/aromatic N) is 2. The van der Waals surface area contributed by atoms with Crippen LogP contribution in [0.2, 0.25) is 0 Å². The average Bonchev–Trinajstić information content (AvgIpc) is 3.41. The van der Waals surface area contributed by atoms with Gasteiger partial charge in [-0.2, -0.15) is 0 Å². The Kier molecular flexibility index (Phi) is 7.54. The molecule has 6 nitrogen and oxygen atoms in total. The van der Waals surface area contributed by atoms with Crippen molar-refractivity contribution in [3.05, 3.63) is 0 Å². The van der Waals surface area contributed by atoms with Crippen molar-refractivity contribution in [1.29, 1.82) is 0 Å². The van der Waals surface area contributed by atoms with E-state index < -0.39 is 0 Å². The summed E-state index contributed by atoms with van der Waals surface area (Å²) < 4.78 is 0. The van der Waals surface area contributed by atoms with Crippen molar-refractivity contribution in [2.75, 3.05) is 39.3 Å². The van der Waals surface area contributed by atoms with Crippen molar-refractivity contribution in [3.8, 4) is 0 Å². The topological polar surface area (TPSA) is 68.8 Å². The number of likely N-dealkylation sites (tertiary alicyclic amines) is 1. The van der Waals surface area contributed by atoms with Gasteiger partial charge >= 0.3 is 0 Å². The minimum Gasteiger partial charge on any atom is -0.357 e. The summed E-state index contributed by atoms with van der Waals surface area (Å²) in [7, 11) is 0. The molecular weight excluding hydrogens is 314 g/mol. The highest BCUT2D eigenvalue weighted by atomic mass is 16.2. The van der Waals surface area contributed by atoms with E-state index in [0.717, 1.165) is 37.8 Å². The van der Waals surface area contributed by atoms with E-state index in [2.05, 4.69) is 48.5 Å². The largest absolute Gasteiger partial charge is 0.357 e. The lowest BCUT2D eigenvalue weighted by molar-refractivity contribution is -0.122. The molecule has 6 heteroatoms. The second-order valence-corrected chi connectivity index (χ2v) is 8.19. The van der Waals surface area contributed by atoms with E-state index in [-0.39, 0.29) is 17.4 Å². The normalized spacial score (nSPS) is 22.6. The van der Waals surface area contributed by atoms with Crippen LogP contribution in [0.1, 0.15) is 53.4 Å². The Labute approximate surface area is 153 Å². The van der Waals surface area contributed by atoms with Crippen molar-refractivity contribution in [3.63, 3.8) is 0 Å². The predicted molar refractivity (Wildman–Crippen MR) is 104 cm³/mol. The van der Waals surface area contributed by atoms with E-state index in [0.29, 0.717) is 13.1 Å². The van der Waals surface area contributed by atoms with Crippen LogP contribution in [-0.4, -0.2) is 61.6 Å².